The Morgan fingerprint density at radius 2 is 2.14 bits per heavy atom. The van der Waals surface area contributed by atoms with Crippen LogP contribution in [0.15, 0.2) is 18.2 Å². The van der Waals surface area contributed by atoms with Crippen molar-refractivity contribution >= 4 is 11.8 Å². The van der Waals surface area contributed by atoms with E-state index in [9.17, 15) is 0 Å². The number of methoxy groups -OCH3 is 1. The summed E-state index contributed by atoms with van der Waals surface area (Å²) in [6, 6.07) is 6.99. The van der Waals surface area contributed by atoms with E-state index in [0.717, 1.165) is 30.8 Å². The third-order valence-electron chi connectivity index (χ3n) is 4.44. The van der Waals surface area contributed by atoms with Gasteiger partial charge in [-0.1, -0.05) is 13.0 Å². The molecule has 1 aliphatic carbocycles. The summed E-state index contributed by atoms with van der Waals surface area (Å²) in [4.78, 5) is 0. The Morgan fingerprint density at radius 3 is 2.86 bits per heavy atom. The maximum Gasteiger partial charge on any atom is 0.119 e. The van der Waals surface area contributed by atoms with Crippen molar-refractivity contribution in [3.63, 3.8) is 0 Å². The fourth-order valence-electron chi connectivity index (χ4n) is 3.36. The molecule has 0 saturated carbocycles. The number of thioether (sulfide) groups is 1. The third kappa shape index (κ3) is 3.38. The number of benzene rings is 1. The lowest BCUT2D eigenvalue weighted by Crippen LogP contribution is -2.29. The summed E-state index contributed by atoms with van der Waals surface area (Å²) in [7, 11) is 1.74. The minimum atomic E-state index is 0.452. The predicted octanol–water partition coefficient (Wildman–Crippen LogP) is 3.18. The number of hydrogen-bond donors (Lipinski definition) is 1. The molecule has 1 heterocycles. The smallest absolute Gasteiger partial charge is 0.119 e. The second-order valence-corrected chi connectivity index (χ2v) is 7.33. The molecular formula is C17H25NO2S. The normalized spacial score (nSPS) is 25.8. The summed E-state index contributed by atoms with van der Waals surface area (Å²) in [5.74, 6) is 0.966. The van der Waals surface area contributed by atoms with Crippen molar-refractivity contribution in [2.75, 3.05) is 26.9 Å². The van der Waals surface area contributed by atoms with Crippen LogP contribution in [0.5, 0.6) is 5.75 Å². The molecule has 1 fully saturated rings. The Hall–Kier alpha value is -0.710. The highest BCUT2D eigenvalue weighted by Crippen LogP contribution is 2.42. The van der Waals surface area contributed by atoms with Crippen molar-refractivity contribution < 1.29 is 9.47 Å². The van der Waals surface area contributed by atoms with Crippen LogP contribution in [0.3, 0.4) is 0 Å². The Bertz CT molecular complexity index is 474. The van der Waals surface area contributed by atoms with Crippen molar-refractivity contribution in [3.8, 4) is 5.75 Å². The second-order valence-electron chi connectivity index (χ2n) is 5.79. The first kappa shape index (κ1) is 15.2. The number of hydrogen-bond acceptors (Lipinski definition) is 4. The minimum Gasteiger partial charge on any atom is -0.497 e. The molecule has 0 amide bonds. The highest BCUT2D eigenvalue weighted by Gasteiger charge is 2.34. The van der Waals surface area contributed by atoms with E-state index in [0.29, 0.717) is 11.3 Å². The van der Waals surface area contributed by atoms with E-state index >= 15 is 0 Å². The molecule has 3 nitrogen and oxygen atoms in total. The van der Waals surface area contributed by atoms with Crippen LogP contribution in [0, 0.1) is 0 Å². The Labute approximate surface area is 131 Å². The molecule has 3 rings (SSSR count). The molecule has 2 atom stereocenters. The van der Waals surface area contributed by atoms with Crippen LogP contribution in [-0.4, -0.2) is 37.4 Å². The molecule has 1 aromatic carbocycles. The van der Waals surface area contributed by atoms with Crippen LogP contribution in [0.25, 0.3) is 0 Å². The fourth-order valence-corrected chi connectivity index (χ4v) is 4.99. The maximum atomic E-state index is 5.49. The van der Waals surface area contributed by atoms with Gasteiger partial charge in [-0.2, -0.15) is 11.8 Å². The Morgan fingerprint density at radius 1 is 1.33 bits per heavy atom. The summed E-state index contributed by atoms with van der Waals surface area (Å²) >= 11 is 2.16. The van der Waals surface area contributed by atoms with Crippen LogP contribution >= 0.6 is 11.8 Å². The summed E-state index contributed by atoms with van der Waals surface area (Å²) in [6.07, 6.45) is 3.55. The summed E-state index contributed by atoms with van der Waals surface area (Å²) in [6.45, 7) is 5.05. The summed E-state index contributed by atoms with van der Waals surface area (Å²) < 4.78 is 10.9. The van der Waals surface area contributed by atoms with E-state index in [4.69, 9.17) is 9.47 Å². The zero-order chi connectivity index (χ0) is 14.7. The average molecular weight is 307 g/mol. The lowest BCUT2D eigenvalue weighted by atomic mass is 10.1. The van der Waals surface area contributed by atoms with Crippen LogP contribution in [0.4, 0.5) is 0 Å². The van der Waals surface area contributed by atoms with Gasteiger partial charge in [0.2, 0.25) is 0 Å². The molecular weight excluding hydrogens is 282 g/mol. The van der Waals surface area contributed by atoms with Gasteiger partial charge in [0.1, 0.15) is 5.75 Å². The number of fused-ring (bicyclic) bond motifs is 1. The SMILES string of the molecule is CCNC1c2cc(OC)ccc2CC1SC1CCOCC1. The van der Waals surface area contributed by atoms with Gasteiger partial charge >= 0.3 is 0 Å². The molecule has 0 bridgehead atoms. The zero-order valence-corrected chi connectivity index (χ0v) is 13.7. The molecule has 116 valence electrons. The van der Waals surface area contributed by atoms with Crippen molar-refractivity contribution in [3.05, 3.63) is 29.3 Å². The first-order valence-corrected chi connectivity index (χ1v) is 8.89. The van der Waals surface area contributed by atoms with Crippen LogP contribution < -0.4 is 10.1 Å². The van der Waals surface area contributed by atoms with Gasteiger partial charge in [-0.25, -0.2) is 0 Å². The number of ether oxygens (including phenoxy) is 2. The standard InChI is InChI=1S/C17H25NO2S/c1-3-18-17-15-11-13(19-2)5-4-12(15)10-16(17)21-14-6-8-20-9-7-14/h4-5,11,14,16-18H,3,6-10H2,1-2H3. The van der Waals surface area contributed by atoms with Crippen molar-refractivity contribution in [1.82, 2.24) is 5.32 Å². The first-order chi connectivity index (χ1) is 10.3. The molecule has 2 aliphatic rings. The van der Waals surface area contributed by atoms with Gasteiger partial charge in [-0.05, 0) is 49.1 Å². The van der Waals surface area contributed by atoms with Gasteiger partial charge < -0.3 is 14.8 Å². The van der Waals surface area contributed by atoms with Gasteiger partial charge in [0, 0.05) is 29.8 Å². The van der Waals surface area contributed by atoms with Crippen molar-refractivity contribution in [1.29, 1.82) is 0 Å². The van der Waals surface area contributed by atoms with Crippen molar-refractivity contribution in [2.24, 2.45) is 0 Å². The monoisotopic (exact) mass is 307 g/mol. The van der Waals surface area contributed by atoms with Gasteiger partial charge in [0.05, 0.1) is 7.11 Å². The van der Waals surface area contributed by atoms with Crippen LogP contribution in [-0.2, 0) is 11.2 Å². The van der Waals surface area contributed by atoms with E-state index in [1.54, 1.807) is 7.11 Å². The van der Waals surface area contributed by atoms with Crippen molar-refractivity contribution in [2.45, 2.75) is 42.7 Å². The average Bonchev–Trinajstić information content (AvgIpc) is 2.85. The third-order valence-corrected chi connectivity index (χ3v) is 6.09. The van der Waals surface area contributed by atoms with Gasteiger partial charge in [-0.3, -0.25) is 0 Å². The number of nitrogens with one attached hydrogen (secondary N) is 1. The topological polar surface area (TPSA) is 30.5 Å². The second kappa shape index (κ2) is 7.03. The van der Waals surface area contributed by atoms with E-state index in [1.165, 1.54) is 30.4 Å². The Balaban J connectivity index is 1.75. The van der Waals surface area contributed by atoms with E-state index in [1.807, 2.05) is 0 Å². The fraction of sp³-hybridized carbons (Fsp3) is 0.647. The lowest BCUT2D eigenvalue weighted by molar-refractivity contribution is 0.0999. The predicted molar refractivity (Wildman–Crippen MR) is 88.3 cm³/mol. The molecule has 2 unspecified atom stereocenters. The molecule has 0 radical (unpaired) electrons. The first-order valence-electron chi connectivity index (χ1n) is 7.95. The molecule has 1 N–H and O–H groups in total. The molecule has 4 heteroatoms. The zero-order valence-electron chi connectivity index (χ0n) is 12.9. The quantitative estimate of drug-likeness (QED) is 0.905. The number of rotatable bonds is 5. The summed E-state index contributed by atoms with van der Waals surface area (Å²) in [5, 5.41) is 5.07. The minimum absolute atomic E-state index is 0.452. The highest BCUT2D eigenvalue weighted by atomic mass is 32.2. The van der Waals surface area contributed by atoms with Gasteiger partial charge in [-0.15, -0.1) is 0 Å². The van der Waals surface area contributed by atoms with E-state index < -0.39 is 0 Å². The largest absolute Gasteiger partial charge is 0.497 e. The van der Waals surface area contributed by atoms with E-state index in [-0.39, 0.29) is 0 Å². The van der Waals surface area contributed by atoms with Gasteiger partial charge in [0.15, 0.2) is 0 Å². The Kier molecular flexibility index (Phi) is 5.09. The molecule has 1 aliphatic heterocycles. The molecule has 0 aromatic heterocycles. The van der Waals surface area contributed by atoms with Crippen LogP contribution in [0.1, 0.15) is 36.9 Å². The lowest BCUT2D eigenvalue weighted by Gasteiger charge is -2.28. The maximum absolute atomic E-state index is 5.49. The van der Waals surface area contributed by atoms with E-state index in [2.05, 4.69) is 42.2 Å². The van der Waals surface area contributed by atoms with Crippen LogP contribution in [0.2, 0.25) is 0 Å². The molecule has 0 spiro atoms. The molecule has 1 saturated heterocycles. The highest BCUT2D eigenvalue weighted by molar-refractivity contribution is 8.00. The van der Waals surface area contributed by atoms with Gasteiger partial charge in [0.25, 0.3) is 0 Å². The summed E-state index contributed by atoms with van der Waals surface area (Å²) in [5.41, 5.74) is 2.91. The molecule has 1 aromatic rings. The molecule has 21 heavy (non-hydrogen) atoms.